The zero-order chi connectivity index (χ0) is 12.8. The van der Waals surface area contributed by atoms with Crippen LogP contribution in [-0.4, -0.2) is 38.9 Å². The van der Waals surface area contributed by atoms with Crippen molar-refractivity contribution in [2.45, 2.75) is 24.9 Å². The molecule has 0 aromatic carbocycles. The van der Waals surface area contributed by atoms with E-state index in [0.29, 0.717) is 11.7 Å². The van der Waals surface area contributed by atoms with Crippen LogP contribution >= 0.6 is 0 Å². The summed E-state index contributed by atoms with van der Waals surface area (Å²) in [6.07, 6.45) is 7.38. The second-order valence-electron chi connectivity index (χ2n) is 5.40. The Balaban J connectivity index is 1.53. The fourth-order valence-corrected chi connectivity index (χ4v) is 3.20. The maximum atomic E-state index is 12.2. The minimum Gasteiger partial charge on any atom is -0.346 e. The van der Waals surface area contributed by atoms with Crippen LogP contribution < -0.4 is 10.6 Å². The zero-order valence-corrected chi connectivity index (χ0v) is 10.4. The van der Waals surface area contributed by atoms with Crippen LogP contribution in [0.2, 0.25) is 0 Å². The van der Waals surface area contributed by atoms with Crippen molar-refractivity contribution in [1.29, 1.82) is 0 Å². The van der Waals surface area contributed by atoms with Gasteiger partial charge in [-0.1, -0.05) is 0 Å². The summed E-state index contributed by atoms with van der Waals surface area (Å²) >= 11 is 0. The number of fused-ring (bicyclic) bond motifs is 3. The Morgan fingerprint density at radius 1 is 1.42 bits per heavy atom. The summed E-state index contributed by atoms with van der Waals surface area (Å²) in [4.78, 5) is 20.5. The highest BCUT2D eigenvalue weighted by molar-refractivity contribution is 5.93. The number of carbonyl (C=O) groups is 1. The van der Waals surface area contributed by atoms with Crippen molar-refractivity contribution in [3.8, 4) is 0 Å². The number of amides is 1. The van der Waals surface area contributed by atoms with E-state index in [1.165, 1.54) is 6.42 Å². The van der Waals surface area contributed by atoms with Gasteiger partial charge in [0.15, 0.2) is 0 Å². The summed E-state index contributed by atoms with van der Waals surface area (Å²) in [5.74, 6) is 0.614. The van der Waals surface area contributed by atoms with Crippen LogP contribution in [0.1, 0.15) is 23.3 Å². The molecule has 6 heteroatoms. The lowest BCUT2D eigenvalue weighted by Gasteiger charge is -2.23. The van der Waals surface area contributed by atoms with E-state index >= 15 is 0 Å². The molecule has 3 atom stereocenters. The molecular weight excluding hydrogens is 242 g/mol. The molecule has 2 aliphatic rings. The highest BCUT2D eigenvalue weighted by Crippen LogP contribution is 2.31. The van der Waals surface area contributed by atoms with E-state index in [1.54, 1.807) is 23.0 Å². The van der Waals surface area contributed by atoms with Gasteiger partial charge in [-0.15, -0.1) is 0 Å². The van der Waals surface area contributed by atoms with E-state index in [-0.39, 0.29) is 11.9 Å². The van der Waals surface area contributed by atoms with Crippen molar-refractivity contribution in [3.63, 3.8) is 0 Å². The molecule has 1 aliphatic carbocycles. The second-order valence-corrected chi connectivity index (χ2v) is 5.40. The minimum atomic E-state index is -0.107. The average molecular weight is 257 g/mol. The van der Waals surface area contributed by atoms with E-state index in [4.69, 9.17) is 0 Å². The van der Waals surface area contributed by atoms with Crippen LogP contribution in [0.5, 0.6) is 0 Å². The van der Waals surface area contributed by atoms with Crippen molar-refractivity contribution in [3.05, 3.63) is 30.5 Å². The van der Waals surface area contributed by atoms with Crippen molar-refractivity contribution >= 4 is 11.6 Å². The Bertz CT molecular complexity index is 637. The first kappa shape index (κ1) is 10.9. The molecule has 4 rings (SSSR count). The summed E-state index contributed by atoms with van der Waals surface area (Å²) in [5, 5.41) is 6.52. The lowest BCUT2D eigenvalue weighted by Crippen LogP contribution is -2.48. The molecule has 2 aromatic heterocycles. The maximum Gasteiger partial charge on any atom is 0.270 e. The molecule has 1 aliphatic heterocycles. The molecule has 2 bridgehead atoms. The van der Waals surface area contributed by atoms with Crippen molar-refractivity contribution in [1.82, 2.24) is 25.0 Å². The quantitative estimate of drug-likeness (QED) is 0.807. The Morgan fingerprint density at radius 2 is 2.37 bits per heavy atom. The fourth-order valence-electron chi connectivity index (χ4n) is 3.20. The number of nitrogens with one attached hydrogen (secondary N) is 2. The molecule has 0 radical (unpaired) electrons. The van der Waals surface area contributed by atoms with Gasteiger partial charge in [0.05, 0.1) is 0 Å². The van der Waals surface area contributed by atoms with Crippen molar-refractivity contribution in [2.75, 3.05) is 6.54 Å². The number of rotatable bonds is 2. The van der Waals surface area contributed by atoms with Crippen molar-refractivity contribution in [2.24, 2.45) is 5.92 Å². The standard InChI is InChI=1S/C13H15N5O/c19-13(17-10-4-8-3-9(10)15-6-8)11-5-12-14-1-2-18(12)7-16-11/h1-2,5,7-10,15H,3-4,6H2,(H,17,19)/t8-,9+,10+/m0/s1. The predicted octanol–water partition coefficient (Wildman–Crippen LogP) is 0.209. The highest BCUT2D eigenvalue weighted by Gasteiger charge is 2.40. The maximum absolute atomic E-state index is 12.2. The van der Waals surface area contributed by atoms with Crippen LogP contribution in [0.3, 0.4) is 0 Å². The first-order chi connectivity index (χ1) is 9.29. The van der Waals surface area contributed by atoms with Crippen molar-refractivity contribution < 1.29 is 4.79 Å². The predicted molar refractivity (Wildman–Crippen MR) is 68.8 cm³/mol. The number of aromatic nitrogens is 3. The molecule has 1 amide bonds. The first-order valence-electron chi connectivity index (χ1n) is 6.62. The lowest BCUT2D eigenvalue weighted by atomic mass is 10.1. The van der Waals surface area contributed by atoms with Gasteiger partial charge < -0.3 is 10.6 Å². The molecule has 2 N–H and O–H groups in total. The molecule has 1 saturated heterocycles. The molecule has 98 valence electrons. The van der Waals surface area contributed by atoms with E-state index in [0.717, 1.165) is 24.5 Å². The van der Waals surface area contributed by atoms with Crippen LogP contribution in [0.25, 0.3) is 5.65 Å². The monoisotopic (exact) mass is 257 g/mol. The number of imidazole rings is 1. The Morgan fingerprint density at radius 3 is 3.16 bits per heavy atom. The van der Waals surface area contributed by atoms with Gasteiger partial charge in [-0.2, -0.15) is 0 Å². The Kier molecular flexibility index (Phi) is 2.32. The molecule has 19 heavy (non-hydrogen) atoms. The van der Waals surface area contributed by atoms with E-state index in [2.05, 4.69) is 20.6 Å². The number of hydrogen-bond donors (Lipinski definition) is 2. The third kappa shape index (κ3) is 1.79. The summed E-state index contributed by atoms with van der Waals surface area (Å²) in [6, 6.07) is 2.39. The third-order valence-electron chi connectivity index (χ3n) is 4.16. The summed E-state index contributed by atoms with van der Waals surface area (Å²) in [6.45, 7) is 1.09. The summed E-state index contributed by atoms with van der Waals surface area (Å²) in [7, 11) is 0. The van der Waals surface area contributed by atoms with Gasteiger partial charge in [-0.25, -0.2) is 9.97 Å². The van der Waals surface area contributed by atoms with E-state index in [9.17, 15) is 4.79 Å². The highest BCUT2D eigenvalue weighted by atomic mass is 16.2. The number of piperidine rings is 1. The van der Waals surface area contributed by atoms with Crippen LogP contribution in [0.15, 0.2) is 24.8 Å². The van der Waals surface area contributed by atoms with Crippen LogP contribution in [0, 0.1) is 5.92 Å². The topological polar surface area (TPSA) is 71.3 Å². The van der Waals surface area contributed by atoms with Gasteiger partial charge in [0, 0.05) is 30.5 Å². The van der Waals surface area contributed by atoms with Gasteiger partial charge in [0.1, 0.15) is 17.7 Å². The normalized spacial score (nSPS) is 28.9. The minimum absolute atomic E-state index is 0.107. The molecular formula is C13H15N5O. The van der Waals surface area contributed by atoms with Gasteiger partial charge in [-0.3, -0.25) is 9.20 Å². The third-order valence-corrected chi connectivity index (χ3v) is 4.16. The van der Waals surface area contributed by atoms with Gasteiger partial charge in [-0.05, 0) is 25.3 Å². The van der Waals surface area contributed by atoms with Crippen LogP contribution in [0.4, 0.5) is 0 Å². The van der Waals surface area contributed by atoms with E-state index in [1.807, 2.05) is 6.20 Å². The van der Waals surface area contributed by atoms with Gasteiger partial charge in [0.25, 0.3) is 5.91 Å². The summed E-state index contributed by atoms with van der Waals surface area (Å²) < 4.78 is 1.79. The molecule has 6 nitrogen and oxygen atoms in total. The smallest absolute Gasteiger partial charge is 0.270 e. The molecule has 0 spiro atoms. The fraction of sp³-hybridized carbons (Fsp3) is 0.462. The Hall–Kier alpha value is -1.95. The summed E-state index contributed by atoms with van der Waals surface area (Å²) in [5.41, 5.74) is 1.17. The average Bonchev–Trinajstić information content (AvgIpc) is 3.13. The number of carbonyl (C=O) groups excluding carboxylic acids is 1. The molecule has 1 saturated carbocycles. The van der Waals surface area contributed by atoms with Gasteiger partial charge in [0.2, 0.25) is 0 Å². The molecule has 3 heterocycles. The lowest BCUT2D eigenvalue weighted by molar-refractivity contribution is 0.0923. The largest absolute Gasteiger partial charge is 0.346 e. The Labute approximate surface area is 110 Å². The van der Waals surface area contributed by atoms with Crippen LogP contribution in [-0.2, 0) is 0 Å². The van der Waals surface area contributed by atoms with Gasteiger partial charge >= 0.3 is 0 Å². The second kappa shape index (κ2) is 4.03. The number of nitrogens with zero attached hydrogens (tertiary/aromatic N) is 3. The molecule has 2 fully saturated rings. The first-order valence-corrected chi connectivity index (χ1v) is 6.62. The zero-order valence-electron chi connectivity index (χ0n) is 10.4. The van der Waals surface area contributed by atoms with E-state index < -0.39 is 0 Å². The number of hydrogen-bond acceptors (Lipinski definition) is 4. The molecule has 2 aromatic rings. The molecule has 0 unspecified atom stereocenters. The SMILES string of the molecule is O=C(N[C@@H]1C[C@H]2CN[C@@H]1C2)c1cc2nccn2cn1.